The first-order valence-corrected chi connectivity index (χ1v) is 13.0. The fourth-order valence-electron chi connectivity index (χ4n) is 6.26. The third kappa shape index (κ3) is 4.80. The maximum atomic E-state index is 13.7. The van der Waals surface area contributed by atoms with E-state index in [2.05, 4.69) is 38.2 Å². The highest BCUT2D eigenvalue weighted by molar-refractivity contribution is 5.97. The number of aromatic amines is 1. The van der Waals surface area contributed by atoms with Crippen LogP contribution in [0.5, 0.6) is 5.75 Å². The number of rotatable bonds is 7. The summed E-state index contributed by atoms with van der Waals surface area (Å²) in [5, 5.41) is 8.34. The van der Waals surface area contributed by atoms with Crippen molar-refractivity contribution in [1.82, 2.24) is 20.0 Å². The SMILES string of the molecule is O=C(c1ccccc1OCCN1CCOCC1)N1C2CCC1CC(Cc1ccc3[nH]ncc3c1)C2. The Balaban J connectivity index is 1.10. The summed E-state index contributed by atoms with van der Waals surface area (Å²) < 4.78 is 11.6. The first kappa shape index (κ1) is 22.6. The van der Waals surface area contributed by atoms with Gasteiger partial charge in [0.15, 0.2) is 0 Å². The van der Waals surface area contributed by atoms with Crippen LogP contribution in [-0.2, 0) is 11.2 Å². The van der Waals surface area contributed by atoms with E-state index in [4.69, 9.17) is 9.47 Å². The van der Waals surface area contributed by atoms with Gasteiger partial charge >= 0.3 is 0 Å². The average Bonchev–Trinajstić information content (AvgIpc) is 3.46. The van der Waals surface area contributed by atoms with E-state index in [9.17, 15) is 4.79 Å². The summed E-state index contributed by atoms with van der Waals surface area (Å²) in [6, 6.07) is 15.0. The summed E-state index contributed by atoms with van der Waals surface area (Å²) in [6.07, 6.45) is 7.32. The Labute approximate surface area is 206 Å². The van der Waals surface area contributed by atoms with E-state index >= 15 is 0 Å². The van der Waals surface area contributed by atoms with Gasteiger partial charge in [0.25, 0.3) is 5.91 Å². The van der Waals surface area contributed by atoms with Gasteiger partial charge < -0.3 is 14.4 Å². The monoisotopic (exact) mass is 474 g/mol. The van der Waals surface area contributed by atoms with Crippen LogP contribution in [0.2, 0.25) is 0 Å². The molecule has 0 spiro atoms. The Hall–Kier alpha value is -2.90. The number of para-hydroxylation sites is 1. The van der Waals surface area contributed by atoms with Crippen LogP contribution in [0.3, 0.4) is 0 Å². The Bertz CT molecular complexity index is 1160. The van der Waals surface area contributed by atoms with Crippen LogP contribution in [0.4, 0.5) is 0 Å². The highest BCUT2D eigenvalue weighted by Crippen LogP contribution is 2.41. The van der Waals surface area contributed by atoms with Gasteiger partial charge in [-0.25, -0.2) is 0 Å². The van der Waals surface area contributed by atoms with E-state index in [0.29, 0.717) is 35.9 Å². The topological polar surface area (TPSA) is 70.7 Å². The molecule has 0 radical (unpaired) electrons. The van der Waals surface area contributed by atoms with E-state index < -0.39 is 0 Å². The molecular formula is C28H34N4O3. The minimum atomic E-state index is 0.137. The molecule has 1 amide bonds. The van der Waals surface area contributed by atoms with Crippen molar-refractivity contribution in [3.8, 4) is 5.75 Å². The standard InChI is InChI=1S/C28H34N4O3/c33-28(25-3-1-2-4-27(25)35-14-11-31-9-12-34-13-10-31)32-23-6-7-24(32)18-21(17-23)15-20-5-8-26-22(16-20)19-29-30-26/h1-5,8,16,19,21,23-24H,6-7,9-15,17-18H2,(H,29,30). The van der Waals surface area contributed by atoms with E-state index in [-0.39, 0.29) is 5.91 Å². The molecule has 1 N–H and O–H groups in total. The number of nitrogens with one attached hydrogen (secondary N) is 1. The number of benzene rings is 2. The average molecular weight is 475 g/mol. The van der Waals surface area contributed by atoms with Crippen LogP contribution < -0.4 is 4.74 Å². The van der Waals surface area contributed by atoms with E-state index in [1.165, 1.54) is 10.9 Å². The van der Waals surface area contributed by atoms with Crippen LogP contribution in [0.25, 0.3) is 10.9 Å². The third-order valence-corrected chi connectivity index (χ3v) is 7.98. The normalized spacial score (nSPS) is 24.7. The molecule has 0 aliphatic carbocycles. The first-order valence-electron chi connectivity index (χ1n) is 13.0. The molecule has 2 unspecified atom stereocenters. The molecule has 184 valence electrons. The van der Waals surface area contributed by atoms with Gasteiger partial charge in [-0.1, -0.05) is 18.2 Å². The fourth-order valence-corrected chi connectivity index (χ4v) is 6.26. The van der Waals surface area contributed by atoms with Crippen LogP contribution in [0, 0.1) is 5.92 Å². The summed E-state index contributed by atoms with van der Waals surface area (Å²) in [4.78, 5) is 18.3. The molecule has 2 atom stereocenters. The molecular weight excluding hydrogens is 440 g/mol. The molecule has 3 aromatic rings. The van der Waals surface area contributed by atoms with Gasteiger partial charge in [0.1, 0.15) is 12.4 Å². The lowest BCUT2D eigenvalue weighted by Gasteiger charge is -2.39. The molecule has 7 heteroatoms. The zero-order chi connectivity index (χ0) is 23.6. The molecule has 4 heterocycles. The molecule has 3 fully saturated rings. The molecule has 2 bridgehead atoms. The quantitative estimate of drug-likeness (QED) is 0.562. The zero-order valence-corrected chi connectivity index (χ0v) is 20.2. The lowest BCUT2D eigenvalue weighted by molar-refractivity contribution is 0.0320. The summed E-state index contributed by atoms with van der Waals surface area (Å²) in [5.41, 5.74) is 3.15. The van der Waals surface area contributed by atoms with Gasteiger partial charge in [-0.05, 0) is 67.9 Å². The fraction of sp³-hybridized carbons (Fsp3) is 0.500. The Morgan fingerprint density at radius 2 is 1.89 bits per heavy atom. The van der Waals surface area contributed by atoms with Crippen molar-refractivity contribution in [2.24, 2.45) is 5.92 Å². The number of fused-ring (bicyclic) bond motifs is 3. The van der Waals surface area contributed by atoms with Gasteiger partial charge in [0, 0.05) is 37.1 Å². The molecule has 0 saturated carbocycles. The zero-order valence-electron chi connectivity index (χ0n) is 20.2. The minimum Gasteiger partial charge on any atom is -0.491 e. The minimum absolute atomic E-state index is 0.137. The maximum Gasteiger partial charge on any atom is 0.258 e. The third-order valence-electron chi connectivity index (χ3n) is 7.98. The van der Waals surface area contributed by atoms with Gasteiger partial charge in [0.2, 0.25) is 0 Å². The summed E-state index contributed by atoms with van der Waals surface area (Å²) in [6.45, 7) is 4.89. The number of hydrogen-bond acceptors (Lipinski definition) is 5. The maximum absolute atomic E-state index is 13.7. The van der Waals surface area contributed by atoms with Gasteiger partial charge in [0.05, 0.1) is 30.5 Å². The molecule has 35 heavy (non-hydrogen) atoms. The number of hydrogen-bond donors (Lipinski definition) is 1. The number of ether oxygens (including phenoxy) is 2. The number of piperidine rings is 1. The lowest BCUT2D eigenvalue weighted by Crippen LogP contribution is -2.47. The van der Waals surface area contributed by atoms with Crippen molar-refractivity contribution >= 4 is 16.8 Å². The second-order valence-corrected chi connectivity index (χ2v) is 10.2. The van der Waals surface area contributed by atoms with Gasteiger partial charge in [-0.15, -0.1) is 0 Å². The summed E-state index contributed by atoms with van der Waals surface area (Å²) >= 11 is 0. The Morgan fingerprint density at radius 1 is 1.09 bits per heavy atom. The Kier molecular flexibility index (Phi) is 6.44. The van der Waals surface area contributed by atoms with Crippen molar-refractivity contribution in [2.75, 3.05) is 39.5 Å². The van der Waals surface area contributed by atoms with Crippen LogP contribution in [0.15, 0.2) is 48.7 Å². The van der Waals surface area contributed by atoms with Gasteiger partial charge in [-0.2, -0.15) is 5.10 Å². The number of morpholine rings is 1. The number of carbonyl (C=O) groups excluding carboxylic acids is 1. The number of H-pyrrole nitrogens is 1. The largest absolute Gasteiger partial charge is 0.491 e. The second kappa shape index (κ2) is 9.99. The van der Waals surface area contributed by atoms with Crippen LogP contribution >= 0.6 is 0 Å². The number of nitrogens with zero attached hydrogens (tertiary/aromatic N) is 3. The molecule has 6 rings (SSSR count). The molecule has 7 nitrogen and oxygen atoms in total. The molecule has 2 aromatic carbocycles. The van der Waals surface area contributed by atoms with Crippen molar-refractivity contribution < 1.29 is 14.3 Å². The highest BCUT2D eigenvalue weighted by atomic mass is 16.5. The number of aromatic nitrogens is 2. The Morgan fingerprint density at radius 3 is 2.71 bits per heavy atom. The molecule has 3 saturated heterocycles. The first-order chi connectivity index (χ1) is 17.2. The summed E-state index contributed by atoms with van der Waals surface area (Å²) in [5.74, 6) is 1.46. The summed E-state index contributed by atoms with van der Waals surface area (Å²) in [7, 11) is 0. The smallest absolute Gasteiger partial charge is 0.258 e. The number of amides is 1. The number of carbonyl (C=O) groups is 1. The van der Waals surface area contributed by atoms with Gasteiger partial charge in [-0.3, -0.25) is 14.8 Å². The van der Waals surface area contributed by atoms with Crippen molar-refractivity contribution in [3.05, 3.63) is 59.8 Å². The molecule has 3 aliphatic heterocycles. The van der Waals surface area contributed by atoms with E-state index in [1.54, 1.807) is 0 Å². The lowest BCUT2D eigenvalue weighted by atomic mass is 9.85. The second-order valence-electron chi connectivity index (χ2n) is 10.2. The highest BCUT2D eigenvalue weighted by Gasteiger charge is 2.43. The van der Waals surface area contributed by atoms with Crippen molar-refractivity contribution in [3.63, 3.8) is 0 Å². The van der Waals surface area contributed by atoms with E-state index in [0.717, 1.165) is 70.5 Å². The predicted octanol–water partition coefficient (Wildman–Crippen LogP) is 3.90. The van der Waals surface area contributed by atoms with E-state index in [1.807, 2.05) is 30.5 Å². The molecule has 3 aliphatic rings. The van der Waals surface area contributed by atoms with Crippen LogP contribution in [0.1, 0.15) is 41.6 Å². The van der Waals surface area contributed by atoms with Crippen molar-refractivity contribution in [2.45, 2.75) is 44.2 Å². The van der Waals surface area contributed by atoms with Crippen LogP contribution in [-0.4, -0.2) is 77.4 Å². The predicted molar refractivity (Wildman–Crippen MR) is 135 cm³/mol. The van der Waals surface area contributed by atoms with Crippen molar-refractivity contribution in [1.29, 1.82) is 0 Å². The molecule has 1 aromatic heterocycles.